The summed E-state index contributed by atoms with van der Waals surface area (Å²) in [6, 6.07) is 3.71. The number of nitrogens with two attached hydrogens (primary N) is 1. The largest absolute Gasteiger partial charge is 0.354 e. The number of halogens is 1. The molecule has 90 valence electrons. The number of nitrogens with zero attached hydrogens (tertiary/aromatic N) is 3. The van der Waals surface area contributed by atoms with Crippen LogP contribution in [-0.4, -0.2) is 17.0 Å². The lowest BCUT2D eigenvalue weighted by Crippen LogP contribution is -2.18. The van der Waals surface area contributed by atoms with Crippen LogP contribution in [0.5, 0.6) is 0 Å². The van der Waals surface area contributed by atoms with Gasteiger partial charge in [0.2, 0.25) is 0 Å². The van der Waals surface area contributed by atoms with E-state index in [1.54, 1.807) is 11.3 Å². The van der Waals surface area contributed by atoms with E-state index in [2.05, 4.69) is 9.97 Å². The summed E-state index contributed by atoms with van der Waals surface area (Å²) in [5, 5.41) is 2.63. The maximum absolute atomic E-state index is 5.97. The van der Waals surface area contributed by atoms with Crippen LogP contribution in [0.15, 0.2) is 23.0 Å². The van der Waals surface area contributed by atoms with Gasteiger partial charge in [0.1, 0.15) is 5.82 Å². The fourth-order valence-corrected chi connectivity index (χ4v) is 2.20. The number of hydrogen-bond acceptors (Lipinski definition) is 5. The molecule has 2 aromatic rings. The van der Waals surface area contributed by atoms with Gasteiger partial charge in [-0.1, -0.05) is 11.6 Å². The van der Waals surface area contributed by atoms with Gasteiger partial charge in [-0.2, -0.15) is 0 Å². The fraction of sp³-hybridized carbons (Fsp3) is 0.273. The van der Waals surface area contributed by atoms with Gasteiger partial charge >= 0.3 is 0 Å². The van der Waals surface area contributed by atoms with Crippen LogP contribution in [0.4, 0.5) is 5.82 Å². The molecule has 0 bridgehead atoms. The average molecular weight is 269 g/mol. The standard InChI is InChI=1S/C11H13ClN4S/c1-16(5-8-6-17-7-14-8)11-3-2-9(12)10(4-13)15-11/h2-3,6-7H,4-5,13H2,1H3. The van der Waals surface area contributed by atoms with Crippen molar-refractivity contribution in [3.8, 4) is 0 Å². The van der Waals surface area contributed by atoms with Gasteiger partial charge in [0.25, 0.3) is 0 Å². The molecule has 2 aromatic heterocycles. The number of aromatic nitrogens is 2. The molecule has 0 saturated carbocycles. The highest BCUT2D eigenvalue weighted by Crippen LogP contribution is 2.19. The molecule has 0 spiro atoms. The molecule has 2 rings (SSSR count). The average Bonchev–Trinajstić information content (AvgIpc) is 2.82. The summed E-state index contributed by atoms with van der Waals surface area (Å²) in [7, 11) is 1.97. The molecule has 0 radical (unpaired) electrons. The SMILES string of the molecule is CN(Cc1cscn1)c1ccc(Cl)c(CN)n1. The smallest absolute Gasteiger partial charge is 0.129 e. The van der Waals surface area contributed by atoms with Crippen molar-refractivity contribution in [1.29, 1.82) is 0 Å². The van der Waals surface area contributed by atoms with E-state index in [-0.39, 0.29) is 0 Å². The van der Waals surface area contributed by atoms with Crippen molar-refractivity contribution >= 4 is 28.8 Å². The molecule has 2 heterocycles. The van der Waals surface area contributed by atoms with E-state index in [9.17, 15) is 0 Å². The van der Waals surface area contributed by atoms with E-state index in [0.717, 1.165) is 18.1 Å². The lowest BCUT2D eigenvalue weighted by molar-refractivity contribution is 0.860. The highest BCUT2D eigenvalue weighted by atomic mass is 35.5. The van der Waals surface area contributed by atoms with Crippen molar-refractivity contribution in [3.63, 3.8) is 0 Å². The Kier molecular flexibility index (Phi) is 3.93. The molecular formula is C11H13ClN4S. The quantitative estimate of drug-likeness (QED) is 0.924. The molecular weight excluding hydrogens is 256 g/mol. The van der Waals surface area contributed by atoms with E-state index in [0.29, 0.717) is 17.3 Å². The third kappa shape index (κ3) is 2.94. The Morgan fingerprint density at radius 2 is 2.29 bits per heavy atom. The zero-order valence-electron chi connectivity index (χ0n) is 9.43. The highest BCUT2D eigenvalue weighted by molar-refractivity contribution is 7.07. The molecule has 0 amide bonds. The van der Waals surface area contributed by atoms with Crippen molar-refractivity contribution in [2.75, 3.05) is 11.9 Å². The molecule has 4 nitrogen and oxygen atoms in total. The molecule has 2 N–H and O–H groups in total. The van der Waals surface area contributed by atoms with Crippen molar-refractivity contribution in [3.05, 3.63) is 39.4 Å². The number of thiazole rings is 1. The summed E-state index contributed by atoms with van der Waals surface area (Å²) >= 11 is 7.56. The van der Waals surface area contributed by atoms with Gasteiger partial charge in [-0.15, -0.1) is 11.3 Å². The van der Waals surface area contributed by atoms with E-state index in [4.69, 9.17) is 17.3 Å². The third-order valence-electron chi connectivity index (χ3n) is 2.37. The first-order valence-corrected chi connectivity index (χ1v) is 6.46. The minimum Gasteiger partial charge on any atom is -0.354 e. The number of rotatable bonds is 4. The first-order chi connectivity index (χ1) is 8.20. The Hall–Kier alpha value is -1.17. The lowest BCUT2D eigenvalue weighted by Gasteiger charge is -2.17. The summed E-state index contributed by atoms with van der Waals surface area (Å²) in [6.07, 6.45) is 0. The molecule has 0 aromatic carbocycles. The van der Waals surface area contributed by atoms with Crippen molar-refractivity contribution in [2.24, 2.45) is 5.73 Å². The number of hydrogen-bond donors (Lipinski definition) is 1. The third-order valence-corrected chi connectivity index (χ3v) is 3.35. The van der Waals surface area contributed by atoms with Crippen molar-refractivity contribution < 1.29 is 0 Å². The van der Waals surface area contributed by atoms with Gasteiger partial charge < -0.3 is 10.6 Å². The van der Waals surface area contributed by atoms with Crippen LogP contribution >= 0.6 is 22.9 Å². The second-order valence-corrected chi connectivity index (χ2v) is 4.76. The predicted molar refractivity (Wildman–Crippen MR) is 71.4 cm³/mol. The molecule has 0 unspecified atom stereocenters. The Bertz CT molecular complexity index is 486. The van der Waals surface area contributed by atoms with Crippen LogP contribution in [0.3, 0.4) is 0 Å². The molecule has 0 atom stereocenters. The van der Waals surface area contributed by atoms with E-state index in [1.807, 2.05) is 35.0 Å². The second-order valence-electron chi connectivity index (χ2n) is 3.64. The molecule has 0 aliphatic rings. The van der Waals surface area contributed by atoms with Crippen LogP contribution in [0.25, 0.3) is 0 Å². The first-order valence-electron chi connectivity index (χ1n) is 5.14. The zero-order chi connectivity index (χ0) is 12.3. The minimum atomic E-state index is 0.344. The monoisotopic (exact) mass is 268 g/mol. The van der Waals surface area contributed by atoms with Crippen LogP contribution < -0.4 is 10.6 Å². The normalized spacial score (nSPS) is 10.5. The molecule has 0 saturated heterocycles. The van der Waals surface area contributed by atoms with Crippen molar-refractivity contribution in [1.82, 2.24) is 9.97 Å². The summed E-state index contributed by atoms with van der Waals surface area (Å²) < 4.78 is 0. The van der Waals surface area contributed by atoms with E-state index in [1.165, 1.54) is 0 Å². The van der Waals surface area contributed by atoms with Gasteiger partial charge in [-0.05, 0) is 12.1 Å². The Morgan fingerprint density at radius 3 is 2.94 bits per heavy atom. The number of pyridine rings is 1. The molecule has 0 aliphatic heterocycles. The summed E-state index contributed by atoms with van der Waals surface area (Å²) in [6.45, 7) is 1.07. The predicted octanol–water partition coefficient (Wildman–Crippen LogP) is 2.29. The first kappa shape index (κ1) is 12.3. The second kappa shape index (κ2) is 5.44. The van der Waals surface area contributed by atoms with Gasteiger partial charge in [-0.25, -0.2) is 9.97 Å². The van der Waals surface area contributed by atoms with Crippen LogP contribution in [0, 0.1) is 0 Å². The molecule has 0 fully saturated rings. The molecule has 0 aliphatic carbocycles. The van der Waals surface area contributed by atoms with Crippen molar-refractivity contribution in [2.45, 2.75) is 13.1 Å². The van der Waals surface area contributed by atoms with Crippen LogP contribution in [0.2, 0.25) is 5.02 Å². The lowest BCUT2D eigenvalue weighted by atomic mass is 10.3. The maximum atomic E-state index is 5.97. The topological polar surface area (TPSA) is 55.0 Å². The fourth-order valence-electron chi connectivity index (χ4n) is 1.47. The number of anilines is 1. The highest BCUT2D eigenvalue weighted by Gasteiger charge is 2.07. The minimum absolute atomic E-state index is 0.344. The Morgan fingerprint density at radius 1 is 1.47 bits per heavy atom. The summed E-state index contributed by atoms with van der Waals surface area (Å²) in [4.78, 5) is 10.7. The maximum Gasteiger partial charge on any atom is 0.129 e. The Labute approximate surface area is 109 Å². The van der Waals surface area contributed by atoms with Gasteiger partial charge in [0.15, 0.2) is 0 Å². The van der Waals surface area contributed by atoms with E-state index >= 15 is 0 Å². The summed E-state index contributed by atoms with van der Waals surface area (Å²) in [5.74, 6) is 0.850. The van der Waals surface area contributed by atoms with Gasteiger partial charge in [0, 0.05) is 19.0 Å². The Balaban J connectivity index is 2.16. The van der Waals surface area contributed by atoms with Gasteiger partial charge in [-0.3, -0.25) is 0 Å². The van der Waals surface area contributed by atoms with Crippen LogP contribution in [-0.2, 0) is 13.1 Å². The summed E-state index contributed by atoms with van der Waals surface area (Å²) in [5.41, 5.74) is 9.15. The zero-order valence-corrected chi connectivity index (χ0v) is 11.0. The van der Waals surface area contributed by atoms with E-state index < -0.39 is 0 Å². The molecule has 17 heavy (non-hydrogen) atoms. The van der Waals surface area contributed by atoms with Gasteiger partial charge in [0.05, 0.1) is 28.5 Å². The van der Waals surface area contributed by atoms with Crippen LogP contribution in [0.1, 0.15) is 11.4 Å². The molecule has 6 heteroatoms.